The highest BCUT2D eigenvalue weighted by Crippen LogP contribution is 1.74. The molecule has 0 aromatic carbocycles. The molecule has 0 unspecified atom stereocenters. The number of isocyanates is 1. The molecule has 4 heteroatoms. The number of rotatable bonds is 0. The predicted molar refractivity (Wildman–Crippen MR) is 27.7 cm³/mol. The molecular weight excluding hydrogens is 114 g/mol. The van der Waals surface area contributed by atoms with Crippen LogP contribution < -0.4 is 0 Å². The van der Waals surface area contributed by atoms with Gasteiger partial charge in [-0.1, -0.05) is 0 Å². The molecule has 0 bridgehead atoms. The predicted octanol–water partition coefficient (Wildman–Crippen LogP) is 0.253. The highest BCUT2D eigenvalue weighted by atomic mass is 32.1. The van der Waals surface area contributed by atoms with Gasteiger partial charge < -0.3 is 4.74 Å². The molecule has 0 amide bonds. The first-order valence-corrected chi connectivity index (χ1v) is 1.88. The summed E-state index contributed by atoms with van der Waals surface area (Å²) in [7, 11) is 1.34. The summed E-state index contributed by atoms with van der Waals surface area (Å²) >= 11 is 4.30. The summed E-state index contributed by atoms with van der Waals surface area (Å²) in [6.07, 6.45) is 1.23. The SMILES string of the molecule is COC(=S)N=C=O. The van der Waals surface area contributed by atoms with Crippen LogP contribution in [0.15, 0.2) is 4.99 Å². The molecular formula is C3H3NO2S. The largest absolute Gasteiger partial charge is 0.472 e. The quantitative estimate of drug-likeness (QED) is 0.259. The number of carbonyl (C=O) groups excluding carboxylic acids is 1. The van der Waals surface area contributed by atoms with Crippen molar-refractivity contribution < 1.29 is 9.53 Å². The lowest BCUT2D eigenvalue weighted by atomic mass is 11.2. The number of hydrogen-bond acceptors (Lipinski definition) is 3. The van der Waals surface area contributed by atoms with E-state index in [1.807, 2.05) is 0 Å². The highest BCUT2D eigenvalue weighted by Gasteiger charge is 1.81. The monoisotopic (exact) mass is 117 g/mol. The number of methoxy groups -OCH3 is 1. The van der Waals surface area contributed by atoms with Crippen LogP contribution in [0.3, 0.4) is 0 Å². The molecule has 0 atom stereocenters. The molecule has 3 nitrogen and oxygen atoms in total. The van der Waals surface area contributed by atoms with Gasteiger partial charge in [0.25, 0.3) is 5.17 Å². The third-order valence-electron chi connectivity index (χ3n) is 0.312. The number of aliphatic imine (C=N–C) groups is 1. The van der Waals surface area contributed by atoms with Gasteiger partial charge in [0.05, 0.1) is 7.11 Å². The zero-order valence-electron chi connectivity index (χ0n) is 3.67. The fourth-order valence-corrected chi connectivity index (χ4v) is 0.120. The number of ether oxygens (including phenoxy) is 1. The minimum atomic E-state index is -0.0880. The summed E-state index contributed by atoms with van der Waals surface area (Å²) in [4.78, 5) is 12.3. The summed E-state index contributed by atoms with van der Waals surface area (Å²) in [5.74, 6) is 0. The fraction of sp³-hybridized carbons (Fsp3) is 0.333. The van der Waals surface area contributed by atoms with Crippen molar-refractivity contribution in [2.45, 2.75) is 0 Å². The third-order valence-corrected chi connectivity index (χ3v) is 0.570. The van der Waals surface area contributed by atoms with Crippen molar-refractivity contribution in [3.05, 3.63) is 0 Å². The molecule has 0 saturated heterocycles. The zero-order valence-corrected chi connectivity index (χ0v) is 4.49. The van der Waals surface area contributed by atoms with Gasteiger partial charge in [0.2, 0.25) is 6.08 Å². The smallest absolute Gasteiger partial charge is 0.294 e. The Morgan fingerprint density at radius 1 is 2.00 bits per heavy atom. The van der Waals surface area contributed by atoms with Crippen LogP contribution in [0.25, 0.3) is 0 Å². The van der Waals surface area contributed by atoms with Gasteiger partial charge in [-0.05, 0) is 12.2 Å². The molecule has 0 saturated carbocycles. The van der Waals surface area contributed by atoms with E-state index in [0.717, 1.165) is 0 Å². The van der Waals surface area contributed by atoms with Gasteiger partial charge in [0.1, 0.15) is 0 Å². The van der Waals surface area contributed by atoms with E-state index in [1.165, 1.54) is 13.2 Å². The summed E-state index contributed by atoms with van der Waals surface area (Å²) in [5, 5.41) is -0.0880. The Balaban J connectivity index is 3.58. The Kier molecular flexibility index (Phi) is 3.10. The first-order chi connectivity index (χ1) is 3.31. The lowest BCUT2D eigenvalue weighted by Gasteiger charge is -1.84. The van der Waals surface area contributed by atoms with Crippen molar-refractivity contribution >= 4 is 23.5 Å². The minimum Gasteiger partial charge on any atom is -0.472 e. The van der Waals surface area contributed by atoms with Crippen LogP contribution in [0.4, 0.5) is 0 Å². The van der Waals surface area contributed by atoms with Crippen molar-refractivity contribution in [1.82, 2.24) is 0 Å². The average Bonchev–Trinajstić information content (AvgIpc) is 1.68. The Morgan fingerprint density at radius 2 is 2.57 bits per heavy atom. The van der Waals surface area contributed by atoms with Crippen molar-refractivity contribution in [2.24, 2.45) is 4.99 Å². The maximum Gasteiger partial charge on any atom is 0.294 e. The number of hydrogen-bond donors (Lipinski definition) is 0. The van der Waals surface area contributed by atoms with E-state index in [1.54, 1.807) is 0 Å². The average molecular weight is 117 g/mol. The molecule has 0 fully saturated rings. The fourth-order valence-electron chi connectivity index (χ4n) is 0.0829. The second-order valence-corrected chi connectivity index (χ2v) is 1.02. The van der Waals surface area contributed by atoms with Crippen LogP contribution in [-0.2, 0) is 9.53 Å². The Labute approximate surface area is 46.0 Å². The maximum absolute atomic E-state index is 9.32. The second-order valence-electron chi connectivity index (χ2n) is 0.673. The van der Waals surface area contributed by atoms with Crippen molar-refractivity contribution in [3.63, 3.8) is 0 Å². The van der Waals surface area contributed by atoms with E-state index in [-0.39, 0.29) is 5.17 Å². The van der Waals surface area contributed by atoms with E-state index in [0.29, 0.717) is 0 Å². The van der Waals surface area contributed by atoms with Crippen LogP contribution in [-0.4, -0.2) is 18.4 Å². The van der Waals surface area contributed by atoms with E-state index in [2.05, 4.69) is 21.9 Å². The first kappa shape index (κ1) is 6.27. The Morgan fingerprint density at radius 3 is 2.71 bits per heavy atom. The molecule has 0 aliphatic carbocycles. The van der Waals surface area contributed by atoms with Crippen LogP contribution >= 0.6 is 12.2 Å². The highest BCUT2D eigenvalue weighted by molar-refractivity contribution is 7.80. The van der Waals surface area contributed by atoms with Gasteiger partial charge in [-0.3, -0.25) is 0 Å². The van der Waals surface area contributed by atoms with Gasteiger partial charge in [-0.2, -0.15) is 0 Å². The molecule has 7 heavy (non-hydrogen) atoms. The summed E-state index contributed by atoms with van der Waals surface area (Å²) in [5.41, 5.74) is 0. The summed E-state index contributed by atoms with van der Waals surface area (Å²) in [6.45, 7) is 0. The minimum absolute atomic E-state index is 0.0880. The zero-order chi connectivity index (χ0) is 5.70. The molecule has 0 rings (SSSR count). The van der Waals surface area contributed by atoms with Crippen LogP contribution in [0.2, 0.25) is 0 Å². The lowest BCUT2D eigenvalue weighted by molar-refractivity contribution is 0.408. The molecule has 38 valence electrons. The second kappa shape index (κ2) is 3.46. The van der Waals surface area contributed by atoms with E-state index in [9.17, 15) is 4.79 Å². The van der Waals surface area contributed by atoms with Crippen LogP contribution in [0.1, 0.15) is 0 Å². The Hall–Kier alpha value is -0.730. The van der Waals surface area contributed by atoms with E-state index in [4.69, 9.17) is 0 Å². The van der Waals surface area contributed by atoms with Crippen LogP contribution in [0.5, 0.6) is 0 Å². The van der Waals surface area contributed by atoms with Crippen LogP contribution in [0, 0.1) is 0 Å². The van der Waals surface area contributed by atoms with Crippen molar-refractivity contribution in [2.75, 3.05) is 7.11 Å². The Bertz CT molecular complexity index is 116. The van der Waals surface area contributed by atoms with Crippen molar-refractivity contribution in [1.29, 1.82) is 0 Å². The molecule has 0 aromatic heterocycles. The normalized spacial score (nSPS) is 6.43. The first-order valence-electron chi connectivity index (χ1n) is 1.47. The van der Waals surface area contributed by atoms with Crippen molar-refractivity contribution in [3.8, 4) is 0 Å². The summed E-state index contributed by atoms with van der Waals surface area (Å²) in [6, 6.07) is 0. The molecule has 0 aromatic rings. The molecule has 0 aliphatic heterocycles. The van der Waals surface area contributed by atoms with Gasteiger partial charge in [0.15, 0.2) is 0 Å². The topological polar surface area (TPSA) is 38.7 Å². The standard InChI is InChI=1S/C3H3NO2S/c1-6-3(7)4-2-5/h1H3. The third kappa shape index (κ3) is 3.09. The van der Waals surface area contributed by atoms with Gasteiger partial charge in [0, 0.05) is 0 Å². The molecule has 0 radical (unpaired) electrons. The molecule has 0 aliphatic rings. The molecule has 0 spiro atoms. The summed E-state index contributed by atoms with van der Waals surface area (Å²) < 4.78 is 4.29. The van der Waals surface area contributed by atoms with E-state index >= 15 is 0 Å². The number of nitrogens with zero attached hydrogens (tertiary/aromatic N) is 1. The van der Waals surface area contributed by atoms with E-state index < -0.39 is 0 Å². The van der Waals surface area contributed by atoms with Gasteiger partial charge >= 0.3 is 0 Å². The molecule has 0 N–H and O–H groups in total. The number of thiocarbonyl (C=S) groups is 1. The lowest BCUT2D eigenvalue weighted by Crippen LogP contribution is -1.88. The molecule has 0 heterocycles. The van der Waals surface area contributed by atoms with Gasteiger partial charge in [-0.15, -0.1) is 4.99 Å². The van der Waals surface area contributed by atoms with Gasteiger partial charge in [-0.25, -0.2) is 4.79 Å². The maximum atomic E-state index is 9.32.